The molecule has 3 aliphatic heterocycles. The van der Waals surface area contributed by atoms with Gasteiger partial charge in [-0.1, -0.05) is 40.7 Å². The molecule has 5 aliphatic rings. The fourth-order valence-corrected chi connectivity index (χ4v) is 9.37. The summed E-state index contributed by atoms with van der Waals surface area (Å²) in [5.41, 5.74) is -4.78. The largest absolute Gasteiger partial charge is 0.472 e. The molecule has 12 nitrogen and oxygen atoms in total. The van der Waals surface area contributed by atoms with Crippen molar-refractivity contribution in [2.45, 2.75) is 102 Å². The smallest absolute Gasteiger partial charge is 0.335 e. The summed E-state index contributed by atoms with van der Waals surface area (Å²) in [7, 11) is 0. The Hall–Kier alpha value is -3.51. The van der Waals surface area contributed by atoms with Gasteiger partial charge in [0.25, 0.3) is 6.47 Å². The number of hydrogen-bond donors (Lipinski definition) is 1. The molecule has 6 rings (SSSR count). The number of fused-ring (bicyclic) bond motifs is 5. The van der Waals surface area contributed by atoms with Gasteiger partial charge in [-0.15, -0.1) is 0 Å². The third kappa shape index (κ3) is 4.06. The Kier molecular flexibility index (Phi) is 7.35. The lowest BCUT2D eigenvalue weighted by atomic mass is 9.44. The molecule has 3 saturated heterocycles. The monoisotopic (exact) mass is 628 g/mol. The van der Waals surface area contributed by atoms with E-state index < -0.39 is 88.0 Å². The van der Waals surface area contributed by atoms with E-state index in [9.17, 15) is 29.1 Å². The van der Waals surface area contributed by atoms with Gasteiger partial charge in [0.1, 0.15) is 24.4 Å². The van der Waals surface area contributed by atoms with Gasteiger partial charge in [0.15, 0.2) is 17.5 Å². The Morgan fingerprint density at radius 1 is 1.18 bits per heavy atom. The van der Waals surface area contributed by atoms with E-state index in [1.54, 1.807) is 26.8 Å². The van der Waals surface area contributed by atoms with Gasteiger partial charge >= 0.3 is 17.9 Å². The van der Waals surface area contributed by atoms with Crippen LogP contribution in [0, 0.1) is 28.6 Å². The summed E-state index contributed by atoms with van der Waals surface area (Å²) >= 11 is 0. The molecule has 1 N–H and O–H groups in total. The molecule has 2 aliphatic carbocycles. The van der Waals surface area contributed by atoms with Gasteiger partial charge in [0.2, 0.25) is 0 Å². The van der Waals surface area contributed by atoms with E-state index in [0.29, 0.717) is 17.6 Å². The highest BCUT2D eigenvalue weighted by molar-refractivity contribution is 5.97. The predicted octanol–water partition coefficient (Wildman–Crippen LogP) is 2.80. The molecule has 244 valence electrons. The maximum Gasteiger partial charge on any atom is 0.335 e. The summed E-state index contributed by atoms with van der Waals surface area (Å²) in [6.07, 6.45) is -2.06. The van der Waals surface area contributed by atoms with Gasteiger partial charge in [-0.05, 0) is 30.0 Å². The summed E-state index contributed by atoms with van der Waals surface area (Å²) in [5, 5.41) is 10.9. The highest BCUT2D eigenvalue weighted by Gasteiger charge is 2.82. The first-order valence-electron chi connectivity index (χ1n) is 15.5. The van der Waals surface area contributed by atoms with Crippen LogP contribution in [0.3, 0.4) is 0 Å². The molecule has 5 fully saturated rings. The third-order valence-corrected chi connectivity index (χ3v) is 11.9. The van der Waals surface area contributed by atoms with Crippen molar-refractivity contribution in [1.82, 2.24) is 0 Å². The number of ether oxygens (including phenoxy) is 5. The first kappa shape index (κ1) is 31.5. The van der Waals surface area contributed by atoms with Crippen molar-refractivity contribution in [3.8, 4) is 0 Å². The maximum atomic E-state index is 14.5. The Balaban J connectivity index is 1.60. The average Bonchev–Trinajstić information content (AvgIpc) is 3.58. The minimum Gasteiger partial charge on any atom is -0.472 e. The highest BCUT2D eigenvalue weighted by atomic mass is 16.6. The molecule has 12 unspecified atom stereocenters. The van der Waals surface area contributed by atoms with E-state index >= 15 is 0 Å². The zero-order valence-electron chi connectivity index (χ0n) is 26.1. The van der Waals surface area contributed by atoms with Crippen LogP contribution in [0.1, 0.15) is 71.8 Å². The number of hydrogen-bond acceptors (Lipinski definition) is 12. The molecule has 12 heteroatoms. The Bertz CT molecular complexity index is 1430. The number of furan rings is 1. The van der Waals surface area contributed by atoms with Gasteiger partial charge in [0, 0.05) is 29.6 Å². The van der Waals surface area contributed by atoms with Gasteiger partial charge in [0.05, 0.1) is 36.9 Å². The number of ketones is 1. The van der Waals surface area contributed by atoms with Gasteiger partial charge in [-0.2, -0.15) is 0 Å². The standard InChI is InChI=1S/C33H40O12/c1-7-16(2)26(38)29(39)43-28-27(42-15-34)25-17(3)33(21(35)10-19(32(28,33)6)18-8-9-40-13-18)44-22-12-24(37)45-30(4)14-41-23(36)11-20(30)31(22,25)5/h8-9,13,15-16,19-20,22,25-28,38H,3,7,10-12,14H2,1-2,4-6H3. The fourth-order valence-electron chi connectivity index (χ4n) is 9.37. The first-order valence-corrected chi connectivity index (χ1v) is 15.5. The summed E-state index contributed by atoms with van der Waals surface area (Å²) in [5.74, 6) is -5.15. The number of esters is 3. The van der Waals surface area contributed by atoms with Crippen LogP contribution in [-0.2, 0) is 47.7 Å². The minimum atomic E-state index is -1.80. The molecule has 1 aromatic heterocycles. The summed E-state index contributed by atoms with van der Waals surface area (Å²) in [6, 6.07) is 1.70. The highest BCUT2D eigenvalue weighted by Crippen LogP contribution is 2.72. The molecule has 2 saturated carbocycles. The zero-order chi connectivity index (χ0) is 32.7. The molecule has 12 atom stereocenters. The number of cyclic esters (lactones) is 1. The van der Waals surface area contributed by atoms with Crippen molar-refractivity contribution in [2.75, 3.05) is 6.61 Å². The third-order valence-electron chi connectivity index (χ3n) is 11.9. The Labute approximate surface area is 260 Å². The van der Waals surface area contributed by atoms with E-state index in [1.807, 2.05) is 13.8 Å². The number of Topliss-reactive ketones (excluding diaryl/α,β-unsaturated/α-hetero) is 1. The molecular formula is C33H40O12. The van der Waals surface area contributed by atoms with Crippen LogP contribution in [0.4, 0.5) is 0 Å². The van der Waals surface area contributed by atoms with E-state index in [0.717, 1.165) is 0 Å². The van der Waals surface area contributed by atoms with Crippen LogP contribution in [0.25, 0.3) is 0 Å². The summed E-state index contributed by atoms with van der Waals surface area (Å²) in [4.78, 5) is 66.6. The molecule has 0 aromatic carbocycles. The van der Waals surface area contributed by atoms with E-state index in [1.165, 1.54) is 12.5 Å². The second-order valence-corrected chi connectivity index (χ2v) is 14.0. The second-order valence-electron chi connectivity index (χ2n) is 14.0. The predicted molar refractivity (Wildman–Crippen MR) is 152 cm³/mol. The van der Waals surface area contributed by atoms with Crippen LogP contribution in [0.5, 0.6) is 0 Å². The Morgan fingerprint density at radius 3 is 2.56 bits per heavy atom. The number of rotatable bonds is 7. The average molecular weight is 629 g/mol. The lowest BCUT2D eigenvalue weighted by Gasteiger charge is -2.67. The molecule has 0 amide bonds. The van der Waals surface area contributed by atoms with Crippen molar-refractivity contribution in [2.24, 2.45) is 28.6 Å². The minimum absolute atomic E-state index is 0.0566. The van der Waals surface area contributed by atoms with Crippen molar-refractivity contribution >= 4 is 30.2 Å². The topological polar surface area (TPSA) is 165 Å². The number of aliphatic hydroxyl groups is 1. The van der Waals surface area contributed by atoms with Crippen molar-refractivity contribution in [3.63, 3.8) is 0 Å². The van der Waals surface area contributed by atoms with Crippen LogP contribution >= 0.6 is 0 Å². The normalized spacial score (nSPS) is 43.4. The number of carbonyl (C=O) groups is 5. The summed E-state index contributed by atoms with van der Waals surface area (Å²) < 4.78 is 35.7. The lowest BCUT2D eigenvalue weighted by Crippen LogP contribution is -2.77. The van der Waals surface area contributed by atoms with Crippen LogP contribution in [-0.4, -0.2) is 77.5 Å². The van der Waals surface area contributed by atoms with E-state index in [-0.39, 0.29) is 38.1 Å². The number of aliphatic hydroxyl groups excluding tert-OH is 1. The lowest BCUT2D eigenvalue weighted by molar-refractivity contribution is -0.296. The van der Waals surface area contributed by atoms with Crippen molar-refractivity contribution < 1.29 is 57.2 Å². The zero-order valence-corrected chi connectivity index (χ0v) is 26.1. The molecule has 1 spiro atoms. The molecule has 1 aromatic rings. The van der Waals surface area contributed by atoms with Crippen molar-refractivity contribution in [3.05, 3.63) is 36.3 Å². The van der Waals surface area contributed by atoms with Crippen LogP contribution < -0.4 is 0 Å². The van der Waals surface area contributed by atoms with Gasteiger partial charge in [-0.25, -0.2) is 4.79 Å². The SMILES string of the molecule is C=C1C2C(OC=O)C(OC(=O)C(O)C(C)CC)C3(C)C(c4ccoc4)CC(=O)C13OC1CC(=O)OC3(C)COC(=O)CC3C12C. The molecular weight excluding hydrogens is 588 g/mol. The van der Waals surface area contributed by atoms with E-state index in [2.05, 4.69) is 6.58 Å². The Morgan fingerprint density at radius 2 is 1.91 bits per heavy atom. The number of carbonyl (C=O) groups excluding carboxylic acids is 5. The molecule has 4 heterocycles. The fraction of sp³-hybridized carbons (Fsp3) is 0.667. The van der Waals surface area contributed by atoms with Gasteiger partial charge < -0.3 is 33.2 Å². The maximum absolute atomic E-state index is 14.5. The molecule has 2 bridgehead atoms. The van der Waals surface area contributed by atoms with Crippen LogP contribution in [0.15, 0.2) is 35.2 Å². The van der Waals surface area contributed by atoms with Crippen molar-refractivity contribution in [1.29, 1.82) is 0 Å². The summed E-state index contributed by atoms with van der Waals surface area (Å²) in [6.45, 7) is 13.2. The molecule has 45 heavy (non-hydrogen) atoms. The first-order chi connectivity index (χ1) is 21.2. The second kappa shape index (κ2) is 10.5. The quantitative estimate of drug-likeness (QED) is 0.203. The molecule has 0 radical (unpaired) electrons. The van der Waals surface area contributed by atoms with Crippen LogP contribution in [0.2, 0.25) is 0 Å². The van der Waals surface area contributed by atoms with E-state index in [4.69, 9.17) is 28.1 Å². The van der Waals surface area contributed by atoms with Gasteiger partial charge in [-0.3, -0.25) is 19.2 Å².